The predicted molar refractivity (Wildman–Crippen MR) is 76.4 cm³/mol. The molecule has 2 aliphatic heterocycles. The third-order valence-electron chi connectivity index (χ3n) is 4.70. The maximum absolute atomic E-state index is 12.9. The van der Waals surface area contributed by atoms with Crippen LogP contribution in [-0.4, -0.2) is 32.8 Å². The highest BCUT2D eigenvalue weighted by Crippen LogP contribution is 2.41. The van der Waals surface area contributed by atoms with Gasteiger partial charge in [-0.05, 0) is 25.5 Å². The standard InChI is InChI=1S/C14H15F3N6/c15-14(16,17)11-12(18)20-6-9(21-11)8-5-10-13(1-3-19-7-13)2-4-23(10)22-8/h5-6,19H,1-4,7H2,(H2,18,20)/t13-/m1/s1. The first-order valence-corrected chi connectivity index (χ1v) is 7.38. The van der Waals surface area contributed by atoms with Crippen molar-refractivity contribution in [2.45, 2.75) is 31.0 Å². The van der Waals surface area contributed by atoms with Crippen molar-refractivity contribution in [3.63, 3.8) is 0 Å². The molecule has 2 aromatic rings. The topological polar surface area (TPSA) is 81.6 Å². The SMILES string of the molecule is Nc1ncc(-c2cc3n(n2)CC[C@@]32CCNC2)nc1C(F)(F)F. The number of nitrogens with zero attached hydrogens (tertiary/aromatic N) is 4. The minimum atomic E-state index is -4.63. The fraction of sp³-hybridized carbons (Fsp3) is 0.500. The summed E-state index contributed by atoms with van der Waals surface area (Å²) in [6.45, 7) is 2.59. The molecular weight excluding hydrogens is 309 g/mol. The average Bonchev–Trinajstić information content (AvgIpc) is 3.18. The van der Waals surface area contributed by atoms with Crippen LogP contribution in [0, 0.1) is 0 Å². The Morgan fingerprint density at radius 1 is 1.26 bits per heavy atom. The lowest BCUT2D eigenvalue weighted by Crippen LogP contribution is -2.25. The van der Waals surface area contributed by atoms with E-state index in [0.717, 1.165) is 38.2 Å². The van der Waals surface area contributed by atoms with Crippen LogP contribution < -0.4 is 11.1 Å². The number of nitrogens with two attached hydrogens (primary N) is 1. The van der Waals surface area contributed by atoms with Gasteiger partial charge in [-0.15, -0.1) is 0 Å². The average molecular weight is 324 g/mol. The number of hydrogen-bond acceptors (Lipinski definition) is 5. The van der Waals surface area contributed by atoms with E-state index in [2.05, 4.69) is 20.4 Å². The van der Waals surface area contributed by atoms with Crippen LogP contribution in [0.4, 0.5) is 19.0 Å². The van der Waals surface area contributed by atoms with Gasteiger partial charge in [0, 0.05) is 24.2 Å². The van der Waals surface area contributed by atoms with E-state index >= 15 is 0 Å². The van der Waals surface area contributed by atoms with Crippen molar-refractivity contribution in [1.82, 2.24) is 25.1 Å². The maximum Gasteiger partial charge on any atom is 0.437 e. The molecule has 4 heterocycles. The largest absolute Gasteiger partial charge is 0.437 e. The molecule has 1 saturated heterocycles. The fourth-order valence-electron chi connectivity index (χ4n) is 3.49. The van der Waals surface area contributed by atoms with Gasteiger partial charge in [0.1, 0.15) is 11.4 Å². The second kappa shape index (κ2) is 4.67. The number of aryl methyl sites for hydroxylation is 1. The van der Waals surface area contributed by atoms with Gasteiger partial charge in [0.15, 0.2) is 11.5 Å². The second-order valence-corrected chi connectivity index (χ2v) is 6.08. The van der Waals surface area contributed by atoms with Crippen LogP contribution >= 0.6 is 0 Å². The molecule has 0 aromatic carbocycles. The summed E-state index contributed by atoms with van der Waals surface area (Å²) >= 11 is 0. The van der Waals surface area contributed by atoms with Crippen LogP contribution in [0.15, 0.2) is 12.3 Å². The van der Waals surface area contributed by atoms with Gasteiger partial charge in [-0.2, -0.15) is 18.3 Å². The number of halogens is 3. The van der Waals surface area contributed by atoms with E-state index < -0.39 is 17.7 Å². The molecule has 1 fully saturated rings. The van der Waals surface area contributed by atoms with Gasteiger partial charge in [-0.25, -0.2) is 9.97 Å². The molecule has 3 N–H and O–H groups in total. The van der Waals surface area contributed by atoms with Crippen LogP contribution in [0.2, 0.25) is 0 Å². The summed E-state index contributed by atoms with van der Waals surface area (Å²) in [6.07, 6.45) is -1.38. The van der Waals surface area contributed by atoms with Crippen molar-refractivity contribution in [2.24, 2.45) is 0 Å². The lowest BCUT2D eigenvalue weighted by Gasteiger charge is -2.20. The molecule has 23 heavy (non-hydrogen) atoms. The molecule has 1 atom stereocenters. The number of fused-ring (bicyclic) bond motifs is 2. The number of alkyl halides is 3. The van der Waals surface area contributed by atoms with E-state index in [9.17, 15) is 13.2 Å². The fourth-order valence-corrected chi connectivity index (χ4v) is 3.49. The van der Waals surface area contributed by atoms with Crippen molar-refractivity contribution in [3.05, 3.63) is 23.7 Å². The Bertz CT molecular complexity index is 760. The zero-order valence-electron chi connectivity index (χ0n) is 12.2. The van der Waals surface area contributed by atoms with Gasteiger partial charge in [-0.3, -0.25) is 4.68 Å². The predicted octanol–water partition coefficient (Wildman–Crippen LogP) is 1.58. The smallest absolute Gasteiger partial charge is 0.382 e. The summed E-state index contributed by atoms with van der Waals surface area (Å²) in [5.74, 6) is -0.621. The van der Waals surface area contributed by atoms with Crippen molar-refractivity contribution in [3.8, 4) is 11.4 Å². The van der Waals surface area contributed by atoms with Crippen LogP contribution in [0.25, 0.3) is 11.4 Å². The van der Waals surface area contributed by atoms with Gasteiger partial charge in [0.05, 0.1) is 6.20 Å². The first-order chi connectivity index (χ1) is 10.9. The summed E-state index contributed by atoms with van der Waals surface area (Å²) in [6, 6.07) is 1.83. The minimum Gasteiger partial charge on any atom is -0.382 e. The third-order valence-corrected chi connectivity index (χ3v) is 4.70. The number of nitrogen functional groups attached to an aromatic ring is 1. The van der Waals surface area contributed by atoms with E-state index in [1.54, 1.807) is 0 Å². The summed E-state index contributed by atoms with van der Waals surface area (Å²) in [5, 5.41) is 7.76. The molecule has 0 radical (unpaired) electrons. The van der Waals surface area contributed by atoms with Gasteiger partial charge in [0.2, 0.25) is 0 Å². The first-order valence-electron chi connectivity index (χ1n) is 7.38. The van der Waals surface area contributed by atoms with E-state index in [0.29, 0.717) is 5.69 Å². The number of hydrogen-bond donors (Lipinski definition) is 2. The lowest BCUT2D eigenvalue weighted by atomic mass is 9.82. The zero-order chi connectivity index (χ0) is 16.2. The molecule has 0 bridgehead atoms. The molecule has 0 amide bonds. The van der Waals surface area contributed by atoms with E-state index in [1.807, 2.05) is 10.7 Å². The lowest BCUT2D eigenvalue weighted by molar-refractivity contribution is -0.140. The molecule has 122 valence electrons. The number of aromatic nitrogens is 4. The maximum atomic E-state index is 12.9. The van der Waals surface area contributed by atoms with Crippen molar-refractivity contribution in [1.29, 1.82) is 0 Å². The molecule has 0 unspecified atom stereocenters. The van der Waals surface area contributed by atoms with E-state index in [-0.39, 0.29) is 11.1 Å². The van der Waals surface area contributed by atoms with Crippen molar-refractivity contribution < 1.29 is 13.2 Å². The molecule has 4 rings (SSSR count). The molecule has 9 heteroatoms. The van der Waals surface area contributed by atoms with Gasteiger partial charge < -0.3 is 11.1 Å². The minimum absolute atomic E-state index is 0.0410. The molecule has 2 aliphatic rings. The van der Waals surface area contributed by atoms with Crippen LogP contribution in [0.5, 0.6) is 0 Å². The van der Waals surface area contributed by atoms with Crippen molar-refractivity contribution in [2.75, 3.05) is 18.8 Å². The van der Waals surface area contributed by atoms with Crippen molar-refractivity contribution >= 4 is 5.82 Å². The second-order valence-electron chi connectivity index (χ2n) is 6.08. The molecule has 0 saturated carbocycles. The summed E-state index contributed by atoms with van der Waals surface area (Å²) in [7, 11) is 0. The number of nitrogens with one attached hydrogen (secondary N) is 1. The Kier molecular flexibility index (Phi) is 2.93. The monoisotopic (exact) mass is 324 g/mol. The summed E-state index contributed by atoms with van der Waals surface area (Å²) in [5.41, 5.74) is 5.73. The quantitative estimate of drug-likeness (QED) is 0.832. The highest BCUT2D eigenvalue weighted by atomic mass is 19.4. The van der Waals surface area contributed by atoms with Crippen LogP contribution in [0.1, 0.15) is 24.2 Å². The van der Waals surface area contributed by atoms with Gasteiger partial charge >= 0.3 is 6.18 Å². The van der Waals surface area contributed by atoms with Gasteiger partial charge in [0.25, 0.3) is 0 Å². The Hall–Kier alpha value is -2.16. The number of anilines is 1. The van der Waals surface area contributed by atoms with E-state index in [4.69, 9.17) is 5.73 Å². The molecule has 1 spiro atoms. The van der Waals surface area contributed by atoms with Crippen LogP contribution in [-0.2, 0) is 18.1 Å². The van der Waals surface area contributed by atoms with Crippen LogP contribution in [0.3, 0.4) is 0 Å². The van der Waals surface area contributed by atoms with Gasteiger partial charge in [-0.1, -0.05) is 0 Å². The Morgan fingerprint density at radius 2 is 2.09 bits per heavy atom. The Labute approximate surface area is 129 Å². The Balaban J connectivity index is 1.76. The third kappa shape index (κ3) is 2.18. The molecule has 2 aromatic heterocycles. The summed E-state index contributed by atoms with van der Waals surface area (Å²) < 4.78 is 40.7. The zero-order valence-corrected chi connectivity index (χ0v) is 12.2. The molecule has 6 nitrogen and oxygen atoms in total. The summed E-state index contributed by atoms with van der Waals surface area (Å²) in [4.78, 5) is 7.27. The normalized spacial score (nSPS) is 23.6. The van der Waals surface area contributed by atoms with E-state index in [1.165, 1.54) is 6.20 Å². The Morgan fingerprint density at radius 3 is 2.78 bits per heavy atom. The molecule has 0 aliphatic carbocycles. The molecular formula is C14H15F3N6. The first kappa shape index (κ1) is 14.4. The highest BCUT2D eigenvalue weighted by molar-refractivity contribution is 5.57. The highest BCUT2D eigenvalue weighted by Gasteiger charge is 2.43. The number of rotatable bonds is 1.